The van der Waals surface area contributed by atoms with Gasteiger partial charge in [0.05, 0.1) is 6.61 Å². The first-order chi connectivity index (χ1) is 15.7. The molecule has 8 nitrogen and oxygen atoms in total. The maximum Gasteiger partial charge on any atom is 0.240 e. The standard InChI is InChI=1S/C24H24N6O2/c25-17-28-24(29-19-11-13-27-14-12-19)22(23(26)31)30(24)15-6-16-32-21-10-5-4-9-20(21)18-7-2-1-3-8-18/h1-5,7-14,22,28H,6,15-16H2,(H2,26,31)(H,27,29). The summed E-state index contributed by atoms with van der Waals surface area (Å²) in [5, 5.41) is 15.2. The van der Waals surface area contributed by atoms with Gasteiger partial charge >= 0.3 is 0 Å². The van der Waals surface area contributed by atoms with Crippen molar-refractivity contribution in [2.45, 2.75) is 18.2 Å². The number of anilines is 1. The number of hydrogen-bond donors (Lipinski definition) is 3. The highest BCUT2D eigenvalue weighted by Gasteiger charge is 2.66. The molecule has 3 unspecified atom stereocenters. The molecule has 1 aliphatic heterocycles. The molecular formula is C24H24N6O2. The summed E-state index contributed by atoms with van der Waals surface area (Å²) >= 11 is 0. The lowest BCUT2D eigenvalue weighted by molar-refractivity contribution is -0.118. The van der Waals surface area contributed by atoms with Crippen LogP contribution in [0.3, 0.4) is 0 Å². The number of hydrogen-bond acceptors (Lipinski definition) is 7. The summed E-state index contributed by atoms with van der Waals surface area (Å²) in [4.78, 5) is 17.9. The molecule has 0 radical (unpaired) electrons. The summed E-state index contributed by atoms with van der Waals surface area (Å²) in [7, 11) is 0. The van der Waals surface area contributed by atoms with E-state index in [-0.39, 0.29) is 0 Å². The van der Waals surface area contributed by atoms with E-state index in [0.717, 1.165) is 22.6 Å². The van der Waals surface area contributed by atoms with Gasteiger partial charge in [0.25, 0.3) is 0 Å². The lowest BCUT2D eigenvalue weighted by atomic mass is 10.1. The summed E-state index contributed by atoms with van der Waals surface area (Å²) in [6.45, 7) is 0.956. The number of primary amides is 1. The SMILES string of the molecule is N#CNC1(Nc2ccncc2)C(C(N)=O)N1CCCOc1ccccc1-c1ccccc1. The van der Waals surface area contributed by atoms with Crippen LogP contribution in [0.1, 0.15) is 6.42 Å². The van der Waals surface area contributed by atoms with Crippen molar-refractivity contribution in [2.24, 2.45) is 5.73 Å². The van der Waals surface area contributed by atoms with Crippen molar-refractivity contribution in [3.8, 4) is 23.1 Å². The van der Waals surface area contributed by atoms with Crippen LogP contribution in [0.2, 0.25) is 0 Å². The van der Waals surface area contributed by atoms with Crippen LogP contribution in [0, 0.1) is 11.5 Å². The van der Waals surface area contributed by atoms with Gasteiger partial charge in [0, 0.05) is 30.2 Å². The molecule has 1 amide bonds. The van der Waals surface area contributed by atoms with Gasteiger partial charge in [0.15, 0.2) is 6.19 Å². The molecule has 0 aliphatic carbocycles. The molecule has 0 bridgehead atoms. The molecule has 1 aliphatic rings. The Bertz CT molecular complexity index is 1100. The first-order valence-electron chi connectivity index (χ1n) is 10.3. The van der Waals surface area contributed by atoms with E-state index >= 15 is 0 Å². The second-order valence-electron chi connectivity index (χ2n) is 7.43. The number of ether oxygens (including phenoxy) is 1. The van der Waals surface area contributed by atoms with Gasteiger partial charge < -0.3 is 15.8 Å². The Hall–Kier alpha value is -4.09. The topological polar surface area (TPSA) is 116 Å². The van der Waals surface area contributed by atoms with Crippen molar-refractivity contribution in [1.29, 1.82) is 5.26 Å². The number of para-hydroxylation sites is 1. The van der Waals surface area contributed by atoms with Crippen molar-refractivity contribution in [3.05, 3.63) is 79.1 Å². The number of nitrogens with one attached hydrogen (secondary N) is 2. The first-order valence-corrected chi connectivity index (χ1v) is 10.3. The Labute approximate surface area is 186 Å². The molecule has 4 N–H and O–H groups in total. The molecule has 4 rings (SSSR count). The van der Waals surface area contributed by atoms with Crippen molar-refractivity contribution in [1.82, 2.24) is 15.2 Å². The van der Waals surface area contributed by atoms with Crippen LogP contribution in [-0.2, 0) is 4.79 Å². The number of amides is 1. The molecule has 1 aromatic heterocycles. The maximum absolute atomic E-state index is 12.1. The number of nitriles is 1. The van der Waals surface area contributed by atoms with Crippen LogP contribution in [0.5, 0.6) is 5.75 Å². The zero-order valence-electron chi connectivity index (χ0n) is 17.4. The summed E-state index contributed by atoms with van der Waals surface area (Å²) in [5.41, 5.74) is 8.45. The third-order valence-electron chi connectivity index (χ3n) is 5.40. The van der Waals surface area contributed by atoms with E-state index < -0.39 is 17.7 Å². The Balaban J connectivity index is 1.40. The van der Waals surface area contributed by atoms with E-state index in [1.807, 2.05) is 65.7 Å². The minimum atomic E-state index is -1.05. The molecule has 8 heteroatoms. The van der Waals surface area contributed by atoms with Crippen LogP contribution in [-0.4, -0.2) is 40.8 Å². The molecule has 162 valence electrons. The quantitative estimate of drug-likeness (QED) is 0.149. The largest absolute Gasteiger partial charge is 0.493 e. The van der Waals surface area contributed by atoms with Gasteiger partial charge in [-0.2, -0.15) is 5.26 Å². The van der Waals surface area contributed by atoms with Gasteiger partial charge in [-0.25, -0.2) is 4.90 Å². The third-order valence-corrected chi connectivity index (χ3v) is 5.40. The van der Waals surface area contributed by atoms with Gasteiger partial charge in [0.1, 0.15) is 11.8 Å². The van der Waals surface area contributed by atoms with E-state index in [2.05, 4.69) is 15.6 Å². The van der Waals surface area contributed by atoms with E-state index in [1.54, 1.807) is 24.5 Å². The first kappa shape index (κ1) is 21.2. The lowest BCUT2D eigenvalue weighted by Gasteiger charge is -2.19. The molecule has 1 fully saturated rings. The van der Waals surface area contributed by atoms with E-state index in [4.69, 9.17) is 10.5 Å². The summed E-state index contributed by atoms with van der Waals surface area (Å²) in [6, 6.07) is 20.8. The Kier molecular flexibility index (Phi) is 6.19. The van der Waals surface area contributed by atoms with Crippen molar-refractivity contribution < 1.29 is 9.53 Å². The lowest BCUT2D eigenvalue weighted by Crippen LogP contribution is -2.44. The van der Waals surface area contributed by atoms with Crippen molar-refractivity contribution in [2.75, 3.05) is 18.5 Å². The molecular weight excluding hydrogens is 404 g/mol. The van der Waals surface area contributed by atoms with E-state index in [0.29, 0.717) is 19.6 Å². The van der Waals surface area contributed by atoms with Crippen molar-refractivity contribution >= 4 is 11.6 Å². The fourth-order valence-corrected chi connectivity index (χ4v) is 3.93. The Morgan fingerprint density at radius 3 is 2.56 bits per heavy atom. The molecule has 3 atom stereocenters. The predicted molar refractivity (Wildman–Crippen MR) is 121 cm³/mol. The third kappa shape index (κ3) is 4.33. The predicted octanol–water partition coefficient (Wildman–Crippen LogP) is 2.52. The number of rotatable bonds is 10. The minimum absolute atomic E-state index is 0.448. The number of nitrogens with two attached hydrogens (primary N) is 1. The summed E-state index contributed by atoms with van der Waals surface area (Å²) in [6.07, 6.45) is 5.84. The molecule has 2 aromatic carbocycles. The monoisotopic (exact) mass is 428 g/mol. The average Bonchev–Trinajstić information content (AvgIpc) is 3.44. The number of nitrogens with zero attached hydrogens (tertiary/aromatic N) is 3. The average molecular weight is 428 g/mol. The molecule has 32 heavy (non-hydrogen) atoms. The smallest absolute Gasteiger partial charge is 0.240 e. The van der Waals surface area contributed by atoms with Crippen molar-refractivity contribution in [3.63, 3.8) is 0 Å². The van der Waals surface area contributed by atoms with E-state index in [9.17, 15) is 10.1 Å². The van der Waals surface area contributed by atoms with Gasteiger partial charge in [-0.05, 0) is 30.2 Å². The second-order valence-corrected chi connectivity index (χ2v) is 7.43. The highest BCUT2D eigenvalue weighted by Crippen LogP contribution is 2.39. The van der Waals surface area contributed by atoms with E-state index in [1.165, 1.54) is 0 Å². The molecule has 2 heterocycles. The van der Waals surface area contributed by atoms with Gasteiger partial charge in [0.2, 0.25) is 11.7 Å². The number of carbonyl (C=O) groups is 1. The van der Waals surface area contributed by atoms with Crippen LogP contribution in [0.4, 0.5) is 5.69 Å². The van der Waals surface area contributed by atoms with Crippen LogP contribution in [0.15, 0.2) is 79.1 Å². The summed E-state index contributed by atoms with van der Waals surface area (Å²) < 4.78 is 6.05. The molecule has 0 saturated carbocycles. The summed E-state index contributed by atoms with van der Waals surface area (Å²) in [5.74, 6) is -0.763. The van der Waals surface area contributed by atoms with Gasteiger partial charge in [-0.3, -0.25) is 15.1 Å². The number of benzene rings is 2. The van der Waals surface area contributed by atoms with Crippen LogP contribution >= 0.6 is 0 Å². The fraction of sp³-hybridized carbons (Fsp3) is 0.208. The Morgan fingerprint density at radius 1 is 1.12 bits per heavy atom. The second kappa shape index (κ2) is 9.37. The van der Waals surface area contributed by atoms with Crippen LogP contribution < -0.4 is 21.1 Å². The molecule has 1 saturated heterocycles. The number of aromatic nitrogens is 1. The number of pyridine rings is 1. The maximum atomic E-state index is 12.1. The molecule has 3 aromatic rings. The fourth-order valence-electron chi connectivity index (χ4n) is 3.93. The zero-order valence-corrected chi connectivity index (χ0v) is 17.4. The van der Waals surface area contributed by atoms with Crippen LogP contribution in [0.25, 0.3) is 11.1 Å². The zero-order chi connectivity index (χ0) is 22.4. The van der Waals surface area contributed by atoms with Gasteiger partial charge in [-0.15, -0.1) is 0 Å². The Morgan fingerprint density at radius 2 is 1.84 bits per heavy atom. The van der Waals surface area contributed by atoms with Gasteiger partial charge in [-0.1, -0.05) is 48.5 Å². The normalized spacial score (nSPS) is 21.2. The number of carbonyl (C=O) groups excluding carboxylic acids is 1. The minimum Gasteiger partial charge on any atom is -0.493 e. The highest BCUT2D eigenvalue weighted by atomic mass is 16.5. The molecule has 0 spiro atoms. The highest BCUT2D eigenvalue weighted by molar-refractivity contribution is 5.86.